The summed E-state index contributed by atoms with van der Waals surface area (Å²) >= 11 is 0. The first kappa shape index (κ1) is 20.7. The van der Waals surface area contributed by atoms with E-state index >= 15 is 0 Å². The number of carbonyl (C=O) groups is 1. The molecular formula is C25H23N5O3. The number of aromatic amines is 2. The molecule has 0 saturated carbocycles. The van der Waals surface area contributed by atoms with E-state index < -0.39 is 5.97 Å². The second-order valence-corrected chi connectivity index (χ2v) is 7.87. The predicted octanol–water partition coefficient (Wildman–Crippen LogP) is 3.84. The second-order valence-electron chi connectivity index (χ2n) is 7.87. The van der Waals surface area contributed by atoms with Gasteiger partial charge in [0.05, 0.1) is 18.8 Å². The molecule has 33 heavy (non-hydrogen) atoms. The smallest absolute Gasteiger partial charge is 0.359 e. The van der Waals surface area contributed by atoms with Gasteiger partial charge in [-0.15, -0.1) is 0 Å². The average Bonchev–Trinajstić information content (AvgIpc) is 3.46. The molecule has 8 nitrogen and oxygen atoms in total. The van der Waals surface area contributed by atoms with Crippen LogP contribution in [-0.2, 0) is 11.2 Å². The number of rotatable bonds is 7. The van der Waals surface area contributed by atoms with Crippen molar-refractivity contribution < 1.29 is 14.3 Å². The van der Waals surface area contributed by atoms with Crippen molar-refractivity contribution in [1.29, 1.82) is 0 Å². The molecule has 0 amide bonds. The van der Waals surface area contributed by atoms with Crippen LogP contribution >= 0.6 is 0 Å². The molecule has 1 atom stereocenters. The minimum absolute atomic E-state index is 0.169. The van der Waals surface area contributed by atoms with Gasteiger partial charge in [0.15, 0.2) is 5.69 Å². The summed E-state index contributed by atoms with van der Waals surface area (Å²) in [6, 6.07) is 15.6. The van der Waals surface area contributed by atoms with Crippen molar-refractivity contribution in [3.05, 3.63) is 78.4 Å². The van der Waals surface area contributed by atoms with Crippen molar-refractivity contribution >= 4 is 27.8 Å². The quantitative estimate of drug-likeness (QED) is 0.330. The largest absolute Gasteiger partial charge is 0.490 e. The third-order valence-corrected chi connectivity index (χ3v) is 5.61. The van der Waals surface area contributed by atoms with Crippen LogP contribution in [0.3, 0.4) is 0 Å². The number of ether oxygens (including phenoxy) is 2. The highest BCUT2D eigenvalue weighted by atomic mass is 16.5. The molecule has 0 saturated heterocycles. The molecule has 0 fully saturated rings. The van der Waals surface area contributed by atoms with Crippen LogP contribution < -0.4 is 10.5 Å². The standard InChI is InChI=1S/C25H23N5O3/c1-32-25(31)24-21-10-15(6-7-23(21)29-30-24)16-9-19(13-27-11-16)33-14-18(26)8-17-12-28-22-5-3-2-4-20(17)22/h2-7,9-13,18,28H,8,14,26H2,1H3,(H,29,30). The number of H-pyrrole nitrogens is 2. The van der Waals surface area contributed by atoms with Crippen LogP contribution in [0, 0.1) is 0 Å². The maximum Gasteiger partial charge on any atom is 0.359 e. The molecule has 5 aromatic rings. The zero-order chi connectivity index (χ0) is 22.8. The molecule has 1 unspecified atom stereocenters. The van der Waals surface area contributed by atoms with E-state index in [-0.39, 0.29) is 11.7 Å². The van der Waals surface area contributed by atoms with Crippen LogP contribution in [0.2, 0.25) is 0 Å². The van der Waals surface area contributed by atoms with Crippen LogP contribution in [0.1, 0.15) is 16.1 Å². The van der Waals surface area contributed by atoms with Crippen molar-refractivity contribution in [3.63, 3.8) is 0 Å². The number of benzene rings is 2. The third kappa shape index (κ3) is 4.16. The van der Waals surface area contributed by atoms with Gasteiger partial charge in [-0.25, -0.2) is 4.79 Å². The summed E-state index contributed by atoms with van der Waals surface area (Å²) in [4.78, 5) is 19.6. The highest BCUT2D eigenvalue weighted by Crippen LogP contribution is 2.27. The van der Waals surface area contributed by atoms with Gasteiger partial charge in [0.25, 0.3) is 0 Å². The minimum atomic E-state index is -0.488. The molecule has 3 heterocycles. The molecule has 0 bridgehead atoms. The monoisotopic (exact) mass is 441 g/mol. The molecule has 4 N–H and O–H groups in total. The van der Waals surface area contributed by atoms with Gasteiger partial charge >= 0.3 is 5.97 Å². The van der Waals surface area contributed by atoms with Gasteiger partial charge in [0.2, 0.25) is 0 Å². The van der Waals surface area contributed by atoms with Gasteiger partial charge in [-0.3, -0.25) is 10.1 Å². The van der Waals surface area contributed by atoms with Gasteiger partial charge < -0.3 is 20.2 Å². The Bertz CT molecular complexity index is 1440. The van der Waals surface area contributed by atoms with E-state index in [0.717, 1.165) is 22.2 Å². The normalized spacial score (nSPS) is 12.2. The number of hydrogen-bond acceptors (Lipinski definition) is 6. The van der Waals surface area contributed by atoms with E-state index in [0.29, 0.717) is 24.2 Å². The van der Waals surface area contributed by atoms with Crippen LogP contribution in [0.5, 0.6) is 5.75 Å². The number of methoxy groups -OCH3 is 1. The van der Waals surface area contributed by atoms with E-state index in [4.69, 9.17) is 15.2 Å². The molecule has 5 rings (SSSR count). The van der Waals surface area contributed by atoms with E-state index in [2.05, 4.69) is 26.2 Å². The topological polar surface area (TPSA) is 119 Å². The van der Waals surface area contributed by atoms with Gasteiger partial charge in [-0.05, 0) is 41.8 Å². The summed E-state index contributed by atoms with van der Waals surface area (Å²) in [5.41, 5.74) is 11.4. The molecule has 0 spiro atoms. The number of esters is 1. The van der Waals surface area contributed by atoms with Crippen LogP contribution in [0.25, 0.3) is 32.9 Å². The van der Waals surface area contributed by atoms with Gasteiger partial charge in [-0.2, -0.15) is 5.10 Å². The van der Waals surface area contributed by atoms with Gasteiger partial charge in [-0.1, -0.05) is 24.3 Å². The fourth-order valence-electron chi connectivity index (χ4n) is 3.95. The fourth-order valence-corrected chi connectivity index (χ4v) is 3.95. The van der Waals surface area contributed by atoms with Gasteiger partial charge in [0.1, 0.15) is 12.4 Å². The molecule has 0 aliphatic rings. The number of carbonyl (C=O) groups excluding carboxylic acids is 1. The Labute approximate surface area is 189 Å². The van der Waals surface area contributed by atoms with Crippen LogP contribution in [0.4, 0.5) is 0 Å². The lowest BCUT2D eigenvalue weighted by Crippen LogP contribution is -2.30. The first-order valence-electron chi connectivity index (χ1n) is 10.6. The van der Waals surface area contributed by atoms with E-state index in [1.165, 1.54) is 18.1 Å². The minimum Gasteiger partial charge on any atom is -0.490 e. The molecule has 0 radical (unpaired) electrons. The average molecular weight is 441 g/mol. The summed E-state index contributed by atoms with van der Waals surface area (Å²) in [6.07, 6.45) is 6.11. The Hall–Kier alpha value is -4.17. The number of nitrogens with one attached hydrogen (secondary N) is 2. The molecule has 166 valence electrons. The SMILES string of the molecule is COC(=O)c1n[nH]c2ccc(-c3cncc(OCC(N)Cc4c[nH]c5ccccc45)c3)cc12. The Morgan fingerprint density at radius 3 is 2.82 bits per heavy atom. The summed E-state index contributed by atoms with van der Waals surface area (Å²) in [7, 11) is 1.33. The summed E-state index contributed by atoms with van der Waals surface area (Å²) < 4.78 is 10.8. The first-order chi connectivity index (χ1) is 16.1. The number of nitrogens with two attached hydrogens (primary N) is 1. The maximum atomic E-state index is 12.0. The van der Waals surface area contributed by atoms with E-state index in [9.17, 15) is 4.79 Å². The Morgan fingerprint density at radius 1 is 1.06 bits per heavy atom. The Balaban J connectivity index is 1.30. The lowest BCUT2D eigenvalue weighted by Gasteiger charge is -2.13. The molecule has 0 aliphatic heterocycles. The fraction of sp³-hybridized carbons (Fsp3) is 0.160. The zero-order valence-electron chi connectivity index (χ0n) is 18.0. The van der Waals surface area contributed by atoms with E-state index in [1.54, 1.807) is 12.4 Å². The molecule has 8 heteroatoms. The highest BCUT2D eigenvalue weighted by molar-refractivity contribution is 6.03. The first-order valence-corrected chi connectivity index (χ1v) is 10.6. The summed E-state index contributed by atoms with van der Waals surface area (Å²) in [6.45, 7) is 0.359. The summed E-state index contributed by atoms with van der Waals surface area (Å²) in [5.74, 6) is 0.139. The maximum absolute atomic E-state index is 12.0. The molecule has 3 aromatic heterocycles. The number of para-hydroxylation sites is 1. The number of fused-ring (bicyclic) bond motifs is 2. The van der Waals surface area contributed by atoms with Gasteiger partial charge in [0, 0.05) is 40.3 Å². The molecule has 2 aromatic carbocycles. The Morgan fingerprint density at radius 2 is 1.94 bits per heavy atom. The number of nitrogens with zero attached hydrogens (tertiary/aromatic N) is 2. The molecular weight excluding hydrogens is 418 g/mol. The zero-order valence-corrected chi connectivity index (χ0v) is 18.0. The van der Waals surface area contributed by atoms with Crippen LogP contribution in [-0.4, -0.2) is 45.9 Å². The second kappa shape index (κ2) is 8.76. The number of hydrogen-bond donors (Lipinski definition) is 3. The van der Waals surface area contributed by atoms with Crippen LogP contribution in [0.15, 0.2) is 67.1 Å². The Kier molecular flexibility index (Phi) is 5.50. The number of aromatic nitrogens is 4. The number of pyridine rings is 1. The lowest BCUT2D eigenvalue weighted by molar-refractivity contribution is 0.0596. The highest BCUT2D eigenvalue weighted by Gasteiger charge is 2.15. The summed E-state index contributed by atoms with van der Waals surface area (Å²) in [5, 5.41) is 8.77. The van der Waals surface area contributed by atoms with Crippen molar-refractivity contribution in [2.45, 2.75) is 12.5 Å². The van der Waals surface area contributed by atoms with Crippen molar-refractivity contribution in [3.8, 4) is 16.9 Å². The lowest BCUT2D eigenvalue weighted by atomic mass is 10.0. The predicted molar refractivity (Wildman–Crippen MR) is 126 cm³/mol. The van der Waals surface area contributed by atoms with E-state index in [1.807, 2.05) is 48.7 Å². The third-order valence-electron chi connectivity index (χ3n) is 5.61. The van der Waals surface area contributed by atoms with Crippen molar-refractivity contribution in [2.24, 2.45) is 5.73 Å². The van der Waals surface area contributed by atoms with Crippen molar-refractivity contribution in [2.75, 3.05) is 13.7 Å². The van der Waals surface area contributed by atoms with Crippen molar-refractivity contribution in [1.82, 2.24) is 20.2 Å². The molecule has 0 aliphatic carbocycles.